The van der Waals surface area contributed by atoms with Crippen molar-refractivity contribution in [3.63, 3.8) is 0 Å². The standard InChI is InChI=1S/C17H19N5O/c1-18-16-12-20-11-14(21-16)15-5-3-9-22(15)17(23)7-6-13-4-2-8-19-10-13/h2,4,6-8,10-12,15H,3,5,9H2,1H3,(H,18,21)/b7-6+. The number of rotatable bonds is 4. The summed E-state index contributed by atoms with van der Waals surface area (Å²) < 4.78 is 0. The number of nitrogens with zero attached hydrogens (tertiary/aromatic N) is 4. The Kier molecular flexibility index (Phi) is 4.61. The molecule has 6 nitrogen and oxygen atoms in total. The fraction of sp³-hybridized carbons (Fsp3) is 0.294. The van der Waals surface area contributed by atoms with E-state index in [1.807, 2.05) is 24.1 Å². The molecule has 0 aromatic carbocycles. The third-order valence-corrected chi connectivity index (χ3v) is 3.89. The minimum Gasteiger partial charge on any atom is -0.372 e. The minimum atomic E-state index is -0.0122. The van der Waals surface area contributed by atoms with Crippen molar-refractivity contribution in [1.82, 2.24) is 19.9 Å². The number of hydrogen-bond acceptors (Lipinski definition) is 5. The second-order valence-electron chi connectivity index (χ2n) is 5.39. The van der Waals surface area contributed by atoms with Crippen molar-refractivity contribution in [2.75, 3.05) is 18.9 Å². The molecule has 0 bridgehead atoms. The van der Waals surface area contributed by atoms with Crippen LogP contribution in [0.2, 0.25) is 0 Å². The van der Waals surface area contributed by atoms with Crippen LogP contribution in [-0.4, -0.2) is 39.4 Å². The molecule has 1 fully saturated rings. The van der Waals surface area contributed by atoms with E-state index in [2.05, 4.69) is 20.3 Å². The second-order valence-corrected chi connectivity index (χ2v) is 5.39. The van der Waals surface area contributed by atoms with Gasteiger partial charge in [-0.2, -0.15) is 0 Å². The topological polar surface area (TPSA) is 71.0 Å². The fourth-order valence-electron chi connectivity index (χ4n) is 2.74. The number of carbonyl (C=O) groups is 1. The van der Waals surface area contributed by atoms with Gasteiger partial charge in [-0.3, -0.25) is 14.8 Å². The maximum Gasteiger partial charge on any atom is 0.247 e. The number of aromatic nitrogens is 3. The number of anilines is 1. The molecule has 1 N–H and O–H groups in total. The first-order chi connectivity index (χ1) is 11.3. The Morgan fingerprint density at radius 1 is 1.35 bits per heavy atom. The van der Waals surface area contributed by atoms with Gasteiger partial charge in [-0.1, -0.05) is 6.07 Å². The molecule has 1 atom stereocenters. The van der Waals surface area contributed by atoms with Crippen molar-refractivity contribution >= 4 is 17.8 Å². The second kappa shape index (κ2) is 7.00. The molecule has 1 aliphatic rings. The minimum absolute atomic E-state index is 0.00647. The number of likely N-dealkylation sites (tertiary alicyclic amines) is 1. The van der Waals surface area contributed by atoms with Crippen LogP contribution in [0.15, 0.2) is 43.0 Å². The summed E-state index contributed by atoms with van der Waals surface area (Å²) in [6, 6.07) is 3.75. The van der Waals surface area contributed by atoms with Crippen LogP contribution in [0.1, 0.15) is 30.1 Å². The van der Waals surface area contributed by atoms with Crippen molar-refractivity contribution in [3.8, 4) is 0 Å². The van der Waals surface area contributed by atoms with E-state index in [-0.39, 0.29) is 11.9 Å². The lowest BCUT2D eigenvalue weighted by atomic mass is 10.1. The summed E-state index contributed by atoms with van der Waals surface area (Å²) in [5.41, 5.74) is 1.74. The molecule has 0 radical (unpaired) electrons. The van der Waals surface area contributed by atoms with Gasteiger partial charge in [0.1, 0.15) is 5.82 Å². The molecule has 2 aromatic heterocycles. The van der Waals surface area contributed by atoms with Crippen molar-refractivity contribution in [1.29, 1.82) is 0 Å². The Balaban J connectivity index is 1.75. The number of hydrogen-bond donors (Lipinski definition) is 1. The first kappa shape index (κ1) is 15.1. The maximum atomic E-state index is 12.5. The Morgan fingerprint density at radius 2 is 2.26 bits per heavy atom. The SMILES string of the molecule is CNc1cncc(C2CCCN2C(=O)/C=C/c2cccnc2)n1. The molecule has 3 heterocycles. The van der Waals surface area contributed by atoms with Crippen molar-refractivity contribution in [2.45, 2.75) is 18.9 Å². The van der Waals surface area contributed by atoms with Crippen LogP contribution in [0.3, 0.4) is 0 Å². The van der Waals surface area contributed by atoms with Crippen LogP contribution in [-0.2, 0) is 4.79 Å². The summed E-state index contributed by atoms with van der Waals surface area (Å²) in [6.07, 6.45) is 12.1. The zero-order chi connectivity index (χ0) is 16.1. The maximum absolute atomic E-state index is 12.5. The van der Waals surface area contributed by atoms with Crippen LogP contribution >= 0.6 is 0 Å². The van der Waals surface area contributed by atoms with E-state index < -0.39 is 0 Å². The highest BCUT2D eigenvalue weighted by Crippen LogP contribution is 2.31. The van der Waals surface area contributed by atoms with E-state index in [1.54, 1.807) is 36.9 Å². The normalized spacial score (nSPS) is 17.6. The van der Waals surface area contributed by atoms with Gasteiger partial charge in [-0.05, 0) is 30.5 Å². The highest BCUT2D eigenvalue weighted by molar-refractivity contribution is 5.92. The number of carbonyl (C=O) groups excluding carboxylic acids is 1. The van der Waals surface area contributed by atoms with Crippen LogP contribution in [0.5, 0.6) is 0 Å². The lowest BCUT2D eigenvalue weighted by molar-refractivity contribution is -0.126. The van der Waals surface area contributed by atoms with Gasteiger partial charge in [0.15, 0.2) is 0 Å². The van der Waals surface area contributed by atoms with E-state index in [0.29, 0.717) is 5.82 Å². The van der Waals surface area contributed by atoms with Gasteiger partial charge in [0, 0.05) is 32.1 Å². The van der Waals surface area contributed by atoms with E-state index in [9.17, 15) is 4.79 Å². The molecule has 1 unspecified atom stereocenters. The van der Waals surface area contributed by atoms with Crippen LogP contribution < -0.4 is 5.32 Å². The summed E-state index contributed by atoms with van der Waals surface area (Å²) in [5, 5.41) is 2.98. The highest BCUT2D eigenvalue weighted by atomic mass is 16.2. The zero-order valence-electron chi connectivity index (χ0n) is 13.0. The fourth-order valence-corrected chi connectivity index (χ4v) is 2.74. The summed E-state index contributed by atoms with van der Waals surface area (Å²) in [6.45, 7) is 0.742. The monoisotopic (exact) mass is 309 g/mol. The zero-order valence-corrected chi connectivity index (χ0v) is 13.0. The summed E-state index contributed by atoms with van der Waals surface area (Å²) in [5.74, 6) is 0.709. The molecule has 2 aromatic rings. The van der Waals surface area contributed by atoms with Crippen molar-refractivity contribution in [3.05, 3.63) is 54.3 Å². The summed E-state index contributed by atoms with van der Waals surface area (Å²) in [4.78, 5) is 27.1. The van der Waals surface area contributed by atoms with Crippen molar-refractivity contribution < 1.29 is 4.79 Å². The largest absolute Gasteiger partial charge is 0.372 e. The van der Waals surface area contributed by atoms with Gasteiger partial charge in [0.2, 0.25) is 5.91 Å². The van der Waals surface area contributed by atoms with E-state index in [0.717, 1.165) is 30.6 Å². The molecule has 118 valence electrons. The van der Waals surface area contributed by atoms with Gasteiger partial charge < -0.3 is 10.2 Å². The van der Waals surface area contributed by atoms with E-state index >= 15 is 0 Å². The molecule has 23 heavy (non-hydrogen) atoms. The summed E-state index contributed by atoms with van der Waals surface area (Å²) in [7, 11) is 1.81. The Bertz CT molecular complexity index is 701. The van der Waals surface area contributed by atoms with Crippen LogP contribution in [0.4, 0.5) is 5.82 Å². The van der Waals surface area contributed by atoms with E-state index in [1.165, 1.54) is 0 Å². The smallest absolute Gasteiger partial charge is 0.247 e. The lowest BCUT2D eigenvalue weighted by Gasteiger charge is -2.23. The van der Waals surface area contributed by atoms with Gasteiger partial charge >= 0.3 is 0 Å². The average Bonchev–Trinajstić information content (AvgIpc) is 3.10. The predicted octanol–water partition coefficient (Wildman–Crippen LogP) is 2.29. The van der Waals surface area contributed by atoms with E-state index in [4.69, 9.17) is 0 Å². The third kappa shape index (κ3) is 3.53. The van der Waals surface area contributed by atoms with Gasteiger partial charge in [-0.25, -0.2) is 4.98 Å². The molecule has 3 rings (SSSR count). The molecular formula is C17H19N5O. The molecule has 0 spiro atoms. The van der Waals surface area contributed by atoms with Gasteiger partial charge in [-0.15, -0.1) is 0 Å². The molecule has 0 aliphatic carbocycles. The first-order valence-electron chi connectivity index (χ1n) is 7.66. The molecule has 0 saturated carbocycles. The molecule has 1 saturated heterocycles. The highest BCUT2D eigenvalue weighted by Gasteiger charge is 2.30. The van der Waals surface area contributed by atoms with Gasteiger partial charge in [0.25, 0.3) is 0 Å². The van der Waals surface area contributed by atoms with Crippen molar-refractivity contribution in [2.24, 2.45) is 0 Å². The predicted molar refractivity (Wildman–Crippen MR) is 88.5 cm³/mol. The molecule has 1 aliphatic heterocycles. The van der Waals surface area contributed by atoms with Gasteiger partial charge in [0.05, 0.1) is 24.1 Å². The average molecular weight is 309 g/mol. The first-order valence-corrected chi connectivity index (χ1v) is 7.66. The Morgan fingerprint density at radius 3 is 3.04 bits per heavy atom. The van der Waals surface area contributed by atoms with Crippen LogP contribution in [0, 0.1) is 0 Å². The third-order valence-electron chi connectivity index (χ3n) is 3.89. The molecular weight excluding hydrogens is 290 g/mol. The summed E-state index contributed by atoms with van der Waals surface area (Å²) >= 11 is 0. The number of nitrogens with one attached hydrogen (secondary N) is 1. The Labute approximate surface area is 135 Å². The molecule has 6 heteroatoms. The Hall–Kier alpha value is -2.76. The molecule has 1 amide bonds. The number of pyridine rings is 1. The lowest BCUT2D eigenvalue weighted by Crippen LogP contribution is -2.29. The number of amides is 1. The quantitative estimate of drug-likeness (QED) is 0.877. The van der Waals surface area contributed by atoms with Crippen LogP contribution in [0.25, 0.3) is 6.08 Å².